The first kappa shape index (κ1) is 14.8. The number of nitrogens with zero attached hydrogens (tertiary/aromatic N) is 1. The Morgan fingerprint density at radius 2 is 2.22 bits per heavy atom. The van der Waals surface area contributed by atoms with E-state index in [0.717, 1.165) is 5.69 Å². The van der Waals surface area contributed by atoms with Crippen molar-refractivity contribution in [3.8, 4) is 0 Å². The molecule has 0 heterocycles. The Labute approximate surface area is 112 Å². The molecule has 0 aromatic heterocycles. The highest BCUT2D eigenvalue weighted by Crippen LogP contribution is 2.19. The number of anilines is 1. The second kappa shape index (κ2) is 7.24. The van der Waals surface area contributed by atoms with Gasteiger partial charge in [-0.15, -0.1) is 0 Å². The van der Waals surface area contributed by atoms with Crippen LogP contribution in [0.2, 0.25) is 5.02 Å². The second-order valence-electron chi connectivity index (χ2n) is 4.21. The van der Waals surface area contributed by atoms with Gasteiger partial charge in [0.15, 0.2) is 0 Å². The summed E-state index contributed by atoms with van der Waals surface area (Å²) in [4.78, 5) is 12.6. The van der Waals surface area contributed by atoms with Crippen LogP contribution in [0.4, 0.5) is 5.69 Å². The molecule has 0 saturated heterocycles. The highest BCUT2D eigenvalue weighted by molar-refractivity contribution is 6.30. The zero-order chi connectivity index (χ0) is 13.5. The summed E-state index contributed by atoms with van der Waals surface area (Å²) in [5.74, 6) is -0.875. The van der Waals surface area contributed by atoms with Gasteiger partial charge < -0.3 is 14.7 Å². The smallest absolute Gasteiger partial charge is 0.323 e. The number of carboxylic acid groups (broad SMARTS) is 1. The first-order valence-electron chi connectivity index (χ1n) is 5.83. The van der Waals surface area contributed by atoms with Gasteiger partial charge in [0, 0.05) is 17.3 Å². The number of aliphatic carboxylic acids is 1. The average molecular weight is 272 g/mol. The molecule has 1 N–H and O–H groups in total. The van der Waals surface area contributed by atoms with Crippen LogP contribution in [-0.4, -0.2) is 36.9 Å². The van der Waals surface area contributed by atoms with Crippen LogP contribution >= 0.6 is 11.6 Å². The van der Waals surface area contributed by atoms with Crippen LogP contribution in [0.1, 0.15) is 13.8 Å². The van der Waals surface area contributed by atoms with Crippen molar-refractivity contribution in [2.75, 3.05) is 24.6 Å². The Morgan fingerprint density at radius 1 is 1.50 bits per heavy atom. The highest BCUT2D eigenvalue weighted by atomic mass is 35.5. The number of rotatable bonds is 7. The van der Waals surface area contributed by atoms with Crippen molar-refractivity contribution < 1.29 is 14.6 Å². The van der Waals surface area contributed by atoms with Gasteiger partial charge in [-0.2, -0.15) is 0 Å². The lowest BCUT2D eigenvalue weighted by molar-refractivity contribution is -0.135. The SMILES string of the molecule is CC(C)OCCN(CC(=O)O)c1cccc(Cl)c1. The van der Waals surface area contributed by atoms with Crippen molar-refractivity contribution in [2.45, 2.75) is 20.0 Å². The lowest BCUT2D eigenvalue weighted by atomic mass is 10.3. The number of carboxylic acids is 1. The van der Waals surface area contributed by atoms with E-state index in [1.807, 2.05) is 19.9 Å². The summed E-state index contributed by atoms with van der Waals surface area (Å²) in [7, 11) is 0. The Morgan fingerprint density at radius 3 is 2.78 bits per heavy atom. The summed E-state index contributed by atoms with van der Waals surface area (Å²) in [6, 6.07) is 7.15. The average Bonchev–Trinajstić information content (AvgIpc) is 2.26. The Kier molecular flexibility index (Phi) is 5.95. The van der Waals surface area contributed by atoms with Crippen LogP contribution in [0, 0.1) is 0 Å². The predicted octanol–water partition coefficient (Wildman–Crippen LogP) is 2.66. The van der Waals surface area contributed by atoms with Gasteiger partial charge in [0.2, 0.25) is 0 Å². The third-order valence-corrected chi connectivity index (χ3v) is 2.55. The van der Waals surface area contributed by atoms with Gasteiger partial charge in [-0.05, 0) is 32.0 Å². The molecule has 0 atom stereocenters. The van der Waals surface area contributed by atoms with Gasteiger partial charge in [-0.3, -0.25) is 4.79 Å². The van der Waals surface area contributed by atoms with Crippen molar-refractivity contribution in [1.82, 2.24) is 0 Å². The van der Waals surface area contributed by atoms with Gasteiger partial charge in [0.25, 0.3) is 0 Å². The minimum atomic E-state index is -0.875. The molecular formula is C13H18ClNO3. The van der Waals surface area contributed by atoms with Crippen LogP contribution in [0.5, 0.6) is 0 Å². The minimum absolute atomic E-state index is 0.0677. The van der Waals surface area contributed by atoms with Crippen molar-refractivity contribution >= 4 is 23.3 Å². The minimum Gasteiger partial charge on any atom is -0.480 e. The standard InChI is InChI=1S/C13H18ClNO3/c1-10(2)18-7-6-15(9-13(16)17)12-5-3-4-11(14)8-12/h3-5,8,10H,6-7,9H2,1-2H3,(H,16,17). The molecule has 100 valence electrons. The summed E-state index contributed by atoms with van der Waals surface area (Å²) in [6.45, 7) is 4.83. The largest absolute Gasteiger partial charge is 0.480 e. The molecule has 1 aromatic rings. The predicted molar refractivity (Wildman–Crippen MR) is 72.4 cm³/mol. The normalized spacial score (nSPS) is 10.7. The Balaban J connectivity index is 2.68. The summed E-state index contributed by atoms with van der Waals surface area (Å²) in [5, 5.41) is 9.50. The van der Waals surface area contributed by atoms with Crippen molar-refractivity contribution in [2.24, 2.45) is 0 Å². The zero-order valence-corrected chi connectivity index (χ0v) is 11.4. The van der Waals surface area contributed by atoms with Crippen LogP contribution in [0.3, 0.4) is 0 Å². The molecule has 0 fully saturated rings. The van der Waals surface area contributed by atoms with Crippen LogP contribution < -0.4 is 4.90 Å². The molecule has 0 amide bonds. The molecule has 0 bridgehead atoms. The third-order valence-electron chi connectivity index (χ3n) is 2.31. The van der Waals surface area contributed by atoms with Crippen molar-refractivity contribution in [3.05, 3.63) is 29.3 Å². The molecule has 0 saturated carbocycles. The number of benzene rings is 1. The molecule has 0 spiro atoms. The first-order chi connectivity index (χ1) is 8.49. The molecule has 1 rings (SSSR count). The number of hydrogen-bond donors (Lipinski definition) is 1. The summed E-state index contributed by atoms with van der Waals surface area (Å²) < 4.78 is 5.44. The van der Waals surface area contributed by atoms with E-state index in [4.69, 9.17) is 21.4 Å². The molecule has 0 aliphatic heterocycles. The fraction of sp³-hybridized carbons (Fsp3) is 0.462. The number of hydrogen-bond acceptors (Lipinski definition) is 3. The number of ether oxygens (including phenoxy) is 1. The first-order valence-corrected chi connectivity index (χ1v) is 6.20. The number of halogens is 1. The van der Waals surface area contributed by atoms with Crippen LogP contribution in [-0.2, 0) is 9.53 Å². The van der Waals surface area contributed by atoms with Gasteiger partial charge in [0.05, 0.1) is 12.7 Å². The summed E-state index contributed by atoms with van der Waals surface area (Å²) in [6.07, 6.45) is 0.135. The summed E-state index contributed by atoms with van der Waals surface area (Å²) >= 11 is 5.90. The van der Waals surface area contributed by atoms with Gasteiger partial charge in [-0.25, -0.2) is 0 Å². The van der Waals surface area contributed by atoms with Crippen molar-refractivity contribution in [3.63, 3.8) is 0 Å². The van der Waals surface area contributed by atoms with Crippen molar-refractivity contribution in [1.29, 1.82) is 0 Å². The van der Waals surface area contributed by atoms with Gasteiger partial charge >= 0.3 is 5.97 Å². The fourth-order valence-electron chi connectivity index (χ4n) is 1.53. The lowest BCUT2D eigenvalue weighted by Crippen LogP contribution is -2.33. The van der Waals surface area contributed by atoms with Gasteiger partial charge in [0.1, 0.15) is 6.54 Å². The van der Waals surface area contributed by atoms with E-state index in [-0.39, 0.29) is 12.6 Å². The van der Waals surface area contributed by atoms with E-state index in [0.29, 0.717) is 18.2 Å². The van der Waals surface area contributed by atoms with E-state index in [1.54, 1.807) is 23.1 Å². The fourth-order valence-corrected chi connectivity index (χ4v) is 1.72. The van der Waals surface area contributed by atoms with Gasteiger partial charge in [-0.1, -0.05) is 17.7 Å². The van der Waals surface area contributed by atoms with E-state index in [9.17, 15) is 4.79 Å². The van der Waals surface area contributed by atoms with E-state index in [1.165, 1.54) is 0 Å². The molecule has 0 aliphatic rings. The molecule has 0 aliphatic carbocycles. The Bertz CT molecular complexity index is 396. The van der Waals surface area contributed by atoms with E-state index in [2.05, 4.69) is 0 Å². The van der Waals surface area contributed by atoms with E-state index < -0.39 is 5.97 Å². The molecule has 18 heavy (non-hydrogen) atoms. The molecule has 0 radical (unpaired) electrons. The lowest BCUT2D eigenvalue weighted by Gasteiger charge is -2.23. The molecule has 1 aromatic carbocycles. The second-order valence-corrected chi connectivity index (χ2v) is 4.65. The molecule has 0 unspecified atom stereocenters. The topological polar surface area (TPSA) is 49.8 Å². The summed E-state index contributed by atoms with van der Waals surface area (Å²) in [5.41, 5.74) is 0.789. The van der Waals surface area contributed by atoms with E-state index >= 15 is 0 Å². The quantitative estimate of drug-likeness (QED) is 0.828. The van der Waals surface area contributed by atoms with Crippen LogP contribution in [0.25, 0.3) is 0 Å². The molecule has 5 heteroatoms. The maximum atomic E-state index is 10.8. The highest BCUT2D eigenvalue weighted by Gasteiger charge is 2.11. The number of carbonyl (C=O) groups is 1. The Hall–Kier alpha value is -1.26. The zero-order valence-electron chi connectivity index (χ0n) is 10.6. The molecular weight excluding hydrogens is 254 g/mol. The monoisotopic (exact) mass is 271 g/mol. The third kappa shape index (κ3) is 5.38. The van der Waals surface area contributed by atoms with Crippen LogP contribution in [0.15, 0.2) is 24.3 Å². The maximum Gasteiger partial charge on any atom is 0.323 e. The molecule has 4 nitrogen and oxygen atoms in total. The maximum absolute atomic E-state index is 10.8.